The van der Waals surface area contributed by atoms with E-state index in [9.17, 15) is 13.6 Å². The van der Waals surface area contributed by atoms with Crippen LogP contribution in [0.3, 0.4) is 0 Å². The molecule has 4 nitrogen and oxygen atoms in total. The van der Waals surface area contributed by atoms with Crippen molar-refractivity contribution in [3.8, 4) is 0 Å². The Bertz CT molecular complexity index is 1180. The van der Waals surface area contributed by atoms with Gasteiger partial charge in [0, 0.05) is 17.5 Å². The summed E-state index contributed by atoms with van der Waals surface area (Å²) in [6.45, 7) is 0. The summed E-state index contributed by atoms with van der Waals surface area (Å²) in [5, 5.41) is 14.7. The molecule has 0 atom stereocenters. The molecule has 0 aliphatic carbocycles. The van der Waals surface area contributed by atoms with Gasteiger partial charge in [-0.25, -0.2) is 8.42 Å². The number of para-hydroxylation sites is 1. The molecule has 0 spiro atoms. The molecule has 0 saturated heterocycles. The van der Waals surface area contributed by atoms with Gasteiger partial charge in [-0.1, -0.05) is 42.5 Å². The Morgan fingerprint density at radius 3 is 2.12 bits per heavy atom. The van der Waals surface area contributed by atoms with E-state index in [1.807, 2.05) is 24.3 Å². The standard InChI is InChI=1S/C19H13NO3S/c21-20-18-8-4-3-6-15(18)10-12-19(20)24(22,23)17-11-9-14-5-1-2-7-16(14)13-17/h1-13H. The molecule has 0 aliphatic heterocycles. The summed E-state index contributed by atoms with van der Waals surface area (Å²) in [5.41, 5.74) is 0.333. The Balaban J connectivity index is 1.95. The SMILES string of the molecule is O=S(=O)(c1ccc2ccccc2c1)c1ccc2ccccc2[n+]1[O-]. The summed E-state index contributed by atoms with van der Waals surface area (Å²) in [5.74, 6) is 0. The second-order valence-corrected chi connectivity index (χ2v) is 7.43. The van der Waals surface area contributed by atoms with E-state index in [1.54, 1.807) is 42.5 Å². The topological polar surface area (TPSA) is 61.1 Å². The minimum Gasteiger partial charge on any atom is -0.617 e. The number of rotatable bonds is 2. The van der Waals surface area contributed by atoms with Gasteiger partial charge in [-0.2, -0.15) is 4.73 Å². The molecule has 4 rings (SSSR count). The number of nitrogens with zero attached hydrogens (tertiary/aromatic N) is 1. The summed E-state index contributed by atoms with van der Waals surface area (Å²) in [6.07, 6.45) is 0. The zero-order chi connectivity index (χ0) is 16.7. The third kappa shape index (κ3) is 2.21. The molecular formula is C19H13NO3S. The molecule has 0 N–H and O–H groups in total. The van der Waals surface area contributed by atoms with E-state index in [4.69, 9.17) is 0 Å². The van der Waals surface area contributed by atoms with E-state index in [2.05, 4.69) is 0 Å². The lowest BCUT2D eigenvalue weighted by atomic mass is 10.1. The van der Waals surface area contributed by atoms with Gasteiger partial charge < -0.3 is 5.21 Å². The van der Waals surface area contributed by atoms with E-state index >= 15 is 0 Å². The van der Waals surface area contributed by atoms with E-state index in [1.165, 1.54) is 12.1 Å². The average molecular weight is 335 g/mol. The van der Waals surface area contributed by atoms with Crippen LogP contribution in [0.2, 0.25) is 0 Å². The van der Waals surface area contributed by atoms with Crippen molar-refractivity contribution in [1.29, 1.82) is 0 Å². The summed E-state index contributed by atoms with van der Waals surface area (Å²) in [6, 6.07) is 22.3. The van der Waals surface area contributed by atoms with Crippen LogP contribution in [0, 0.1) is 5.21 Å². The van der Waals surface area contributed by atoms with Crippen molar-refractivity contribution in [2.75, 3.05) is 0 Å². The highest BCUT2D eigenvalue weighted by molar-refractivity contribution is 7.91. The van der Waals surface area contributed by atoms with Gasteiger partial charge in [0.05, 0.1) is 4.90 Å². The van der Waals surface area contributed by atoms with Crippen LogP contribution in [0.4, 0.5) is 0 Å². The van der Waals surface area contributed by atoms with Gasteiger partial charge in [0.25, 0.3) is 9.84 Å². The lowest BCUT2D eigenvalue weighted by molar-refractivity contribution is -0.619. The smallest absolute Gasteiger partial charge is 0.313 e. The maximum atomic E-state index is 12.9. The first-order valence-electron chi connectivity index (χ1n) is 7.42. The average Bonchev–Trinajstić information content (AvgIpc) is 2.61. The first kappa shape index (κ1) is 14.7. The Hall–Kier alpha value is -2.92. The number of hydrogen-bond donors (Lipinski definition) is 0. The summed E-state index contributed by atoms with van der Waals surface area (Å²) < 4.78 is 26.3. The van der Waals surface area contributed by atoms with Gasteiger partial charge in [0.2, 0.25) is 5.52 Å². The summed E-state index contributed by atoms with van der Waals surface area (Å²) in [7, 11) is -3.90. The van der Waals surface area contributed by atoms with Crippen LogP contribution < -0.4 is 4.73 Å². The highest BCUT2D eigenvalue weighted by atomic mass is 32.2. The largest absolute Gasteiger partial charge is 0.617 e. The molecule has 0 saturated carbocycles. The van der Waals surface area contributed by atoms with Crippen molar-refractivity contribution >= 4 is 31.5 Å². The summed E-state index contributed by atoms with van der Waals surface area (Å²) in [4.78, 5) is 0.112. The van der Waals surface area contributed by atoms with Gasteiger partial charge in [0.15, 0.2) is 0 Å². The minimum absolute atomic E-state index is 0.112. The van der Waals surface area contributed by atoms with E-state index in [-0.39, 0.29) is 9.92 Å². The van der Waals surface area contributed by atoms with Crippen LogP contribution >= 0.6 is 0 Å². The highest BCUT2D eigenvalue weighted by Gasteiger charge is 2.27. The molecule has 24 heavy (non-hydrogen) atoms. The Kier molecular flexibility index (Phi) is 3.25. The Morgan fingerprint density at radius 2 is 1.33 bits per heavy atom. The molecule has 0 radical (unpaired) electrons. The molecule has 1 heterocycles. The molecule has 0 unspecified atom stereocenters. The van der Waals surface area contributed by atoms with Crippen molar-refractivity contribution < 1.29 is 13.1 Å². The van der Waals surface area contributed by atoms with Crippen LogP contribution in [-0.2, 0) is 9.84 Å². The van der Waals surface area contributed by atoms with Crippen LogP contribution in [-0.4, -0.2) is 8.42 Å². The molecule has 5 heteroatoms. The number of benzene rings is 3. The number of pyridine rings is 1. The molecule has 0 amide bonds. The van der Waals surface area contributed by atoms with Gasteiger partial charge in [0.1, 0.15) is 0 Å². The molecule has 1 aromatic heterocycles. The molecule has 0 fully saturated rings. The fraction of sp³-hybridized carbons (Fsp3) is 0. The van der Waals surface area contributed by atoms with Crippen molar-refractivity contribution in [2.45, 2.75) is 9.92 Å². The molecule has 0 aliphatic rings. The predicted molar refractivity (Wildman–Crippen MR) is 92.3 cm³/mol. The van der Waals surface area contributed by atoms with Crippen molar-refractivity contribution in [3.05, 3.63) is 84.1 Å². The van der Waals surface area contributed by atoms with Crippen LogP contribution in [0.1, 0.15) is 0 Å². The quantitative estimate of drug-likeness (QED) is 0.416. The maximum absolute atomic E-state index is 12.9. The van der Waals surface area contributed by atoms with Crippen molar-refractivity contribution in [1.82, 2.24) is 0 Å². The van der Waals surface area contributed by atoms with Gasteiger partial charge in [-0.15, -0.1) is 0 Å². The third-order valence-corrected chi connectivity index (χ3v) is 5.79. The van der Waals surface area contributed by atoms with Crippen LogP contribution in [0.25, 0.3) is 21.7 Å². The molecule has 0 bridgehead atoms. The Labute approximate surface area is 139 Å². The second-order valence-electron chi connectivity index (χ2n) is 5.54. The molecular weight excluding hydrogens is 322 g/mol. The minimum atomic E-state index is -3.90. The molecule has 118 valence electrons. The fourth-order valence-corrected chi connectivity index (χ4v) is 4.15. The zero-order valence-corrected chi connectivity index (χ0v) is 13.4. The number of aromatic nitrogens is 1. The maximum Gasteiger partial charge on any atom is 0.313 e. The van der Waals surface area contributed by atoms with Gasteiger partial charge in [-0.3, -0.25) is 0 Å². The highest BCUT2D eigenvalue weighted by Crippen LogP contribution is 2.24. The lowest BCUT2D eigenvalue weighted by Crippen LogP contribution is -2.34. The van der Waals surface area contributed by atoms with Crippen LogP contribution in [0.5, 0.6) is 0 Å². The molecule has 4 aromatic rings. The lowest BCUT2D eigenvalue weighted by Gasteiger charge is -2.09. The third-order valence-electron chi connectivity index (χ3n) is 4.07. The van der Waals surface area contributed by atoms with Gasteiger partial charge in [-0.05, 0) is 35.0 Å². The predicted octanol–water partition coefficient (Wildman–Crippen LogP) is 3.46. The second kappa shape index (κ2) is 5.32. The van der Waals surface area contributed by atoms with E-state index in [0.29, 0.717) is 15.6 Å². The first-order chi connectivity index (χ1) is 11.6. The fourth-order valence-electron chi connectivity index (χ4n) is 2.81. The summed E-state index contributed by atoms with van der Waals surface area (Å²) >= 11 is 0. The van der Waals surface area contributed by atoms with Crippen LogP contribution in [0.15, 0.2) is 88.8 Å². The zero-order valence-electron chi connectivity index (χ0n) is 12.6. The number of sulfone groups is 1. The molecule has 3 aromatic carbocycles. The normalized spacial score (nSPS) is 11.8. The Morgan fingerprint density at radius 1 is 0.708 bits per heavy atom. The number of hydrogen-bond acceptors (Lipinski definition) is 3. The number of fused-ring (bicyclic) bond motifs is 2. The monoisotopic (exact) mass is 335 g/mol. The van der Waals surface area contributed by atoms with Crippen molar-refractivity contribution in [3.63, 3.8) is 0 Å². The van der Waals surface area contributed by atoms with E-state index in [0.717, 1.165) is 10.8 Å². The first-order valence-corrected chi connectivity index (χ1v) is 8.91. The van der Waals surface area contributed by atoms with E-state index < -0.39 is 9.84 Å². The van der Waals surface area contributed by atoms with Crippen molar-refractivity contribution in [2.24, 2.45) is 0 Å². The van der Waals surface area contributed by atoms with Gasteiger partial charge >= 0.3 is 5.03 Å².